The average molecular weight is 388 g/mol. The molecule has 2 rings (SSSR count). The first-order valence-electron chi connectivity index (χ1n) is 8.49. The van der Waals surface area contributed by atoms with Crippen molar-refractivity contribution in [3.63, 3.8) is 0 Å². The maximum absolute atomic E-state index is 12.0. The van der Waals surface area contributed by atoms with Crippen LogP contribution in [0.3, 0.4) is 0 Å². The maximum Gasteiger partial charge on any atom is 0.243 e. The number of carbonyl (C=O) groups is 2. The summed E-state index contributed by atoms with van der Waals surface area (Å²) in [7, 11) is 0. The van der Waals surface area contributed by atoms with E-state index in [1.165, 1.54) is 0 Å². The lowest BCUT2D eigenvalue weighted by Gasteiger charge is -2.27. The minimum atomic E-state index is -0.274. The molecule has 0 aromatic heterocycles. The Bertz CT molecular complexity index is 590. The summed E-state index contributed by atoms with van der Waals surface area (Å²) < 4.78 is 0. The van der Waals surface area contributed by atoms with Gasteiger partial charge in [-0.05, 0) is 62.4 Å². The fraction of sp³-hybridized carbons (Fsp3) is 0.556. The molecule has 7 heteroatoms. The predicted molar refractivity (Wildman–Crippen MR) is 104 cm³/mol. The number of carbonyl (C=O) groups excluding carboxylic acids is 2. The van der Waals surface area contributed by atoms with Crippen LogP contribution in [0.4, 0.5) is 5.69 Å². The van der Waals surface area contributed by atoms with Crippen LogP contribution in [0.2, 0.25) is 5.02 Å². The number of rotatable bonds is 6. The molecule has 3 N–H and O–H groups in total. The monoisotopic (exact) mass is 387 g/mol. The summed E-state index contributed by atoms with van der Waals surface area (Å²) >= 11 is 6.08. The molecule has 1 unspecified atom stereocenters. The molecule has 1 aromatic carbocycles. The quantitative estimate of drug-likeness (QED) is 0.701. The van der Waals surface area contributed by atoms with Gasteiger partial charge in [-0.3, -0.25) is 9.59 Å². The number of nitrogens with one attached hydrogen (secondary N) is 3. The highest BCUT2D eigenvalue weighted by Crippen LogP contribution is 2.24. The summed E-state index contributed by atoms with van der Waals surface area (Å²) in [6.45, 7) is 6.05. The van der Waals surface area contributed by atoms with E-state index in [0.29, 0.717) is 29.0 Å². The number of piperidine rings is 1. The first kappa shape index (κ1) is 21.7. The standard InChI is InChI=1S/C18H26ClN3O2.ClH/c1-12-3-4-16(15(19)9-12)22-18(24)11-21-17(23)10-13(2)14-5-7-20-8-6-14;/h3-4,9,13-14,20H,5-8,10-11H2,1-2H3,(H,21,23)(H,22,24);1H. The van der Waals surface area contributed by atoms with Crippen LogP contribution >= 0.6 is 24.0 Å². The van der Waals surface area contributed by atoms with Crippen molar-refractivity contribution in [1.29, 1.82) is 0 Å². The highest BCUT2D eigenvalue weighted by Gasteiger charge is 2.22. The van der Waals surface area contributed by atoms with Crippen molar-refractivity contribution in [3.05, 3.63) is 28.8 Å². The highest BCUT2D eigenvalue weighted by atomic mass is 35.5. The van der Waals surface area contributed by atoms with Crippen molar-refractivity contribution in [3.8, 4) is 0 Å². The first-order valence-corrected chi connectivity index (χ1v) is 8.87. The van der Waals surface area contributed by atoms with E-state index in [1.54, 1.807) is 12.1 Å². The molecular formula is C18H27Cl2N3O2. The molecule has 1 atom stereocenters. The fourth-order valence-corrected chi connectivity index (χ4v) is 3.32. The molecular weight excluding hydrogens is 361 g/mol. The number of halogens is 2. The molecule has 1 heterocycles. The van der Waals surface area contributed by atoms with Crippen molar-refractivity contribution in [2.45, 2.75) is 33.1 Å². The van der Waals surface area contributed by atoms with Gasteiger partial charge in [0, 0.05) is 6.42 Å². The predicted octanol–water partition coefficient (Wildman–Crippen LogP) is 3.15. The minimum absolute atomic E-state index is 0. The SMILES string of the molecule is Cc1ccc(NC(=O)CNC(=O)CC(C)C2CCNCC2)c(Cl)c1.Cl. The molecule has 140 valence electrons. The topological polar surface area (TPSA) is 70.2 Å². The summed E-state index contributed by atoms with van der Waals surface area (Å²) in [6, 6.07) is 5.42. The van der Waals surface area contributed by atoms with Gasteiger partial charge >= 0.3 is 0 Å². The van der Waals surface area contributed by atoms with E-state index in [2.05, 4.69) is 22.9 Å². The number of hydrogen-bond donors (Lipinski definition) is 3. The zero-order valence-corrected chi connectivity index (χ0v) is 16.3. The van der Waals surface area contributed by atoms with Gasteiger partial charge in [0.1, 0.15) is 0 Å². The third kappa shape index (κ3) is 7.22. The van der Waals surface area contributed by atoms with Gasteiger partial charge in [-0.1, -0.05) is 24.6 Å². The number of hydrogen-bond acceptors (Lipinski definition) is 3. The Morgan fingerprint density at radius 2 is 1.96 bits per heavy atom. The molecule has 25 heavy (non-hydrogen) atoms. The average Bonchev–Trinajstić information content (AvgIpc) is 2.56. The lowest BCUT2D eigenvalue weighted by atomic mass is 9.84. The van der Waals surface area contributed by atoms with Crippen LogP contribution in [0.25, 0.3) is 0 Å². The summed E-state index contributed by atoms with van der Waals surface area (Å²) in [4.78, 5) is 24.0. The van der Waals surface area contributed by atoms with Crippen LogP contribution < -0.4 is 16.0 Å². The lowest BCUT2D eigenvalue weighted by molar-refractivity contribution is -0.125. The van der Waals surface area contributed by atoms with Crippen molar-refractivity contribution in [1.82, 2.24) is 10.6 Å². The summed E-state index contributed by atoms with van der Waals surface area (Å²) in [5.41, 5.74) is 1.59. The van der Waals surface area contributed by atoms with Crippen LogP contribution in [0.15, 0.2) is 18.2 Å². The Morgan fingerprint density at radius 3 is 2.60 bits per heavy atom. The van der Waals surface area contributed by atoms with Crippen LogP contribution in [-0.4, -0.2) is 31.4 Å². The van der Waals surface area contributed by atoms with Gasteiger partial charge in [0.25, 0.3) is 0 Å². The van der Waals surface area contributed by atoms with Gasteiger partial charge < -0.3 is 16.0 Å². The van der Waals surface area contributed by atoms with Gasteiger partial charge in [0.05, 0.1) is 17.3 Å². The van der Waals surface area contributed by atoms with E-state index in [-0.39, 0.29) is 30.8 Å². The lowest BCUT2D eigenvalue weighted by Crippen LogP contribution is -2.36. The Morgan fingerprint density at radius 1 is 1.28 bits per heavy atom. The Hall–Kier alpha value is -1.30. The van der Waals surface area contributed by atoms with E-state index in [1.807, 2.05) is 13.0 Å². The zero-order chi connectivity index (χ0) is 17.5. The van der Waals surface area contributed by atoms with Crippen molar-refractivity contribution in [2.24, 2.45) is 11.8 Å². The minimum Gasteiger partial charge on any atom is -0.347 e. The van der Waals surface area contributed by atoms with E-state index >= 15 is 0 Å². The molecule has 2 amide bonds. The number of aryl methyl sites for hydroxylation is 1. The number of anilines is 1. The number of benzene rings is 1. The largest absolute Gasteiger partial charge is 0.347 e. The molecule has 0 spiro atoms. The van der Waals surface area contributed by atoms with Crippen molar-refractivity contribution < 1.29 is 9.59 Å². The van der Waals surface area contributed by atoms with Crippen LogP contribution in [0, 0.1) is 18.8 Å². The smallest absolute Gasteiger partial charge is 0.243 e. The third-order valence-corrected chi connectivity index (χ3v) is 4.85. The molecule has 0 bridgehead atoms. The van der Waals surface area contributed by atoms with Crippen molar-refractivity contribution >= 4 is 41.5 Å². The molecule has 1 saturated heterocycles. The van der Waals surface area contributed by atoms with Gasteiger partial charge in [-0.25, -0.2) is 0 Å². The zero-order valence-electron chi connectivity index (χ0n) is 14.7. The number of amides is 2. The molecule has 0 aliphatic carbocycles. The third-order valence-electron chi connectivity index (χ3n) is 4.54. The van der Waals surface area contributed by atoms with Gasteiger partial charge in [-0.15, -0.1) is 12.4 Å². The van der Waals surface area contributed by atoms with E-state index in [4.69, 9.17) is 11.6 Å². The maximum atomic E-state index is 12.0. The second kappa shape index (κ2) is 10.6. The van der Waals surface area contributed by atoms with E-state index < -0.39 is 0 Å². The molecule has 0 radical (unpaired) electrons. The normalized spacial score (nSPS) is 15.8. The van der Waals surface area contributed by atoms with Crippen LogP contribution in [-0.2, 0) is 9.59 Å². The first-order chi connectivity index (χ1) is 11.5. The van der Waals surface area contributed by atoms with Crippen molar-refractivity contribution in [2.75, 3.05) is 25.0 Å². The highest BCUT2D eigenvalue weighted by molar-refractivity contribution is 6.33. The fourth-order valence-electron chi connectivity index (χ4n) is 3.04. The molecule has 1 fully saturated rings. The van der Waals surface area contributed by atoms with Gasteiger partial charge in [0.15, 0.2) is 0 Å². The van der Waals surface area contributed by atoms with Gasteiger partial charge in [-0.2, -0.15) is 0 Å². The second-order valence-corrected chi connectivity index (χ2v) is 6.98. The van der Waals surface area contributed by atoms with E-state index in [9.17, 15) is 9.59 Å². The Balaban J connectivity index is 0.00000312. The van der Waals surface area contributed by atoms with Gasteiger partial charge in [0.2, 0.25) is 11.8 Å². The Kier molecular flexibility index (Phi) is 9.25. The van der Waals surface area contributed by atoms with Crippen LogP contribution in [0.1, 0.15) is 31.7 Å². The van der Waals surface area contributed by atoms with E-state index in [0.717, 1.165) is 31.5 Å². The summed E-state index contributed by atoms with van der Waals surface area (Å²) in [6.07, 6.45) is 2.69. The molecule has 1 aliphatic rings. The summed E-state index contributed by atoms with van der Waals surface area (Å²) in [5.74, 6) is 0.564. The van der Waals surface area contributed by atoms with Crippen LogP contribution in [0.5, 0.6) is 0 Å². The second-order valence-electron chi connectivity index (χ2n) is 6.58. The Labute approximate surface area is 160 Å². The molecule has 1 aromatic rings. The molecule has 0 saturated carbocycles. The molecule has 5 nitrogen and oxygen atoms in total. The molecule has 1 aliphatic heterocycles. The summed E-state index contributed by atoms with van der Waals surface area (Å²) in [5, 5.41) is 9.23.